The molecule has 2 N–H and O–H groups in total. The van der Waals surface area contributed by atoms with Gasteiger partial charge in [-0.2, -0.15) is 0 Å². The Morgan fingerprint density at radius 1 is 1.45 bits per heavy atom. The molecular weight excluding hydrogens is 274 g/mol. The molecule has 0 unspecified atom stereocenters. The van der Waals surface area contributed by atoms with Crippen LogP contribution in [0.25, 0.3) is 0 Å². The third-order valence-corrected chi connectivity index (χ3v) is 3.62. The summed E-state index contributed by atoms with van der Waals surface area (Å²) in [7, 11) is 1.29. The highest BCUT2D eigenvalue weighted by Gasteiger charge is 2.12. The Kier molecular flexibility index (Phi) is 4.57. The summed E-state index contributed by atoms with van der Waals surface area (Å²) in [6.45, 7) is 2.05. The van der Waals surface area contributed by atoms with Crippen LogP contribution in [0.15, 0.2) is 35.4 Å². The van der Waals surface area contributed by atoms with Gasteiger partial charge in [-0.25, -0.2) is 14.8 Å². The molecule has 5 nitrogen and oxygen atoms in total. The first-order chi connectivity index (χ1) is 9.60. The zero-order chi connectivity index (χ0) is 14.5. The number of anilines is 1. The molecule has 1 heterocycles. The number of rotatable bonds is 4. The van der Waals surface area contributed by atoms with Gasteiger partial charge in [-0.1, -0.05) is 17.7 Å². The molecule has 1 aromatic heterocycles. The number of carbonyl (C=O) groups is 1. The normalized spacial score (nSPS) is 10.3. The second-order valence-electron chi connectivity index (χ2n) is 4.18. The Labute approximate surface area is 121 Å². The van der Waals surface area contributed by atoms with Gasteiger partial charge in [0.2, 0.25) is 0 Å². The van der Waals surface area contributed by atoms with Crippen LogP contribution in [0.1, 0.15) is 21.7 Å². The number of aryl methyl sites for hydroxylation is 1. The maximum absolute atomic E-state index is 11.4. The summed E-state index contributed by atoms with van der Waals surface area (Å²) < 4.78 is 4.60. The van der Waals surface area contributed by atoms with Gasteiger partial charge in [-0.3, -0.25) is 0 Å². The zero-order valence-corrected chi connectivity index (χ0v) is 12.1. The number of hydrogen-bond acceptors (Lipinski definition) is 6. The van der Waals surface area contributed by atoms with Crippen LogP contribution in [-0.2, 0) is 10.5 Å². The van der Waals surface area contributed by atoms with Gasteiger partial charge in [-0.15, -0.1) is 11.8 Å². The molecule has 104 valence electrons. The molecule has 0 amide bonds. The Balaban J connectivity index is 2.07. The fourth-order valence-electron chi connectivity index (χ4n) is 1.62. The average Bonchev–Trinajstić information content (AvgIpc) is 2.44. The molecule has 6 heteroatoms. The fourth-order valence-corrected chi connectivity index (χ4v) is 2.50. The van der Waals surface area contributed by atoms with Crippen LogP contribution in [-0.4, -0.2) is 23.0 Å². The van der Waals surface area contributed by atoms with E-state index in [-0.39, 0.29) is 11.4 Å². The molecule has 0 fully saturated rings. The van der Waals surface area contributed by atoms with Crippen molar-refractivity contribution in [1.82, 2.24) is 9.97 Å². The van der Waals surface area contributed by atoms with Gasteiger partial charge in [0.1, 0.15) is 17.2 Å². The minimum atomic E-state index is -0.527. The number of nitrogens with zero attached hydrogens (tertiary/aromatic N) is 2. The molecule has 20 heavy (non-hydrogen) atoms. The largest absolute Gasteiger partial charge is 0.465 e. The summed E-state index contributed by atoms with van der Waals surface area (Å²) in [5, 5.41) is 0. The lowest BCUT2D eigenvalue weighted by Crippen LogP contribution is -2.09. The molecule has 2 rings (SSSR count). The van der Waals surface area contributed by atoms with Crippen molar-refractivity contribution >= 4 is 23.5 Å². The number of thioether (sulfide) groups is 1. The van der Waals surface area contributed by atoms with Crippen molar-refractivity contribution in [3.8, 4) is 0 Å². The van der Waals surface area contributed by atoms with Crippen molar-refractivity contribution in [3.05, 3.63) is 47.4 Å². The first kappa shape index (κ1) is 14.3. The number of ether oxygens (including phenoxy) is 1. The van der Waals surface area contributed by atoms with Crippen LogP contribution in [0.3, 0.4) is 0 Å². The number of nitrogens with two attached hydrogens (primary N) is 1. The fraction of sp³-hybridized carbons (Fsp3) is 0.214. The van der Waals surface area contributed by atoms with E-state index in [9.17, 15) is 4.79 Å². The highest BCUT2D eigenvalue weighted by Crippen LogP contribution is 2.22. The second kappa shape index (κ2) is 6.38. The van der Waals surface area contributed by atoms with Gasteiger partial charge in [0.25, 0.3) is 0 Å². The van der Waals surface area contributed by atoms with Crippen LogP contribution in [0.4, 0.5) is 5.82 Å². The highest BCUT2D eigenvalue weighted by molar-refractivity contribution is 7.98. The van der Waals surface area contributed by atoms with Crippen LogP contribution < -0.4 is 5.73 Å². The molecule has 0 aliphatic heterocycles. The molecule has 0 bridgehead atoms. The van der Waals surface area contributed by atoms with E-state index in [1.54, 1.807) is 11.8 Å². The highest BCUT2D eigenvalue weighted by atomic mass is 32.2. The number of methoxy groups -OCH3 is 1. The van der Waals surface area contributed by atoms with E-state index in [1.807, 2.05) is 25.1 Å². The molecule has 2 aromatic rings. The quantitative estimate of drug-likeness (QED) is 0.688. The van der Waals surface area contributed by atoms with Crippen molar-refractivity contribution in [2.75, 3.05) is 12.8 Å². The molecular formula is C14H15N3O2S. The number of esters is 1. The van der Waals surface area contributed by atoms with Gasteiger partial charge < -0.3 is 10.5 Å². The summed E-state index contributed by atoms with van der Waals surface area (Å²) in [5.41, 5.74) is 7.13. The van der Waals surface area contributed by atoms with Gasteiger partial charge in [-0.05, 0) is 19.1 Å². The van der Waals surface area contributed by atoms with E-state index in [2.05, 4.69) is 20.8 Å². The lowest BCUT2D eigenvalue weighted by molar-refractivity contribution is 0.0601. The van der Waals surface area contributed by atoms with E-state index in [0.29, 0.717) is 11.6 Å². The lowest BCUT2D eigenvalue weighted by Gasteiger charge is -2.05. The molecule has 1 aromatic carbocycles. The first-order valence-corrected chi connectivity index (χ1v) is 6.98. The standard InChI is InChI=1S/C14H15N3O2S/c1-9-4-3-5-10(6-9)20-8-12-16-7-11(13(15)17-12)14(18)19-2/h3-7H,8H2,1-2H3,(H2,15,16,17). The zero-order valence-electron chi connectivity index (χ0n) is 11.3. The maximum atomic E-state index is 11.4. The number of aromatic nitrogens is 2. The Bertz CT molecular complexity index is 632. The summed E-state index contributed by atoms with van der Waals surface area (Å²) in [4.78, 5) is 20.8. The van der Waals surface area contributed by atoms with E-state index < -0.39 is 5.97 Å². The molecule has 0 saturated heterocycles. The minimum absolute atomic E-state index is 0.145. The van der Waals surface area contributed by atoms with E-state index in [0.717, 1.165) is 4.90 Å². The Hall–Kier alpha value is -2.08. The minimum Gasteiger partial charge on any atom is -0.465 e. The van der Waals surface area contributed by atoms with Crippen LogP contribution in [0, 0.1) is 6.92 Å². The van der Waals surface area contributed by atoms with Gasteiger partial charge in [0, 0.05) is 11.1 Å². The second-order valence-corrected chi connectivity index (χ2v) is 5.23. The van der Waals surface area contributed by atoms with Crippen LogP contribution in [0.2, 0.25) is 0 Å². The molecule has 0 radical (unpaired) electrons. The Morgan fingerprint density at radius 2 is 2.25 bits per heavy atom. The molecule has 0 spiro atoms. The van der Waals surface area contributed by atoms with Crippen molar-refractivity contribution in [1.29, 1.82) is 0 Å². The van der Waals surface area contributed by atoms with Crippen LogP contribution in [0.5, 0.6) is 0 Å². The summed E-state index contributed by atoms with van der Waals surface area (Å²) in [6.07, 6.45) is 1.40. The van der Waals surface area contributed by atoms with Crippen molar-refractivity contribution in [2.45, 2.75) is 17.6 Å². The van der Waals surface area contributed by atoms with Crippen LogP contribution >= 0.6 is 11.8 Å². The average molecular weight is 289 g/mol. The van der Waals surface area contributed by atoms with E-state index in [4.69, 9.17) is 5.73 Å². The molecule has 0 aliphatic carbocycles. The number of hydrogen-bond donors (Lipinski definition) is 1. The third-order valence-electron chi connectivity index (χ3n) is 2.63. The summed E-state index contributed by atoms with van der Waals surface area (Å²) in [6, 6.07) is 8.18. The number of nitrogen functional groups attached to an aromatic ring is 1. The Morgan fingerprint density at radius 3 is 2.90 bits per heavy atom. The summed E-state index contributed by atoms with van der Waals surface area (Å²) in [5.74, 6) is 0.795. The van der Waals surface area contributed by atoms with E-state index >= 15 is 0 Å². The predicted molar refractivity (Wildman–Crippen MR) is 78.5 cm³/mol. The topological polar surface area (TPSA) is 78.1 Å². The number of benzene rings is 1. The van der Waals surface area contributed by atoms with Crippen molar-refractivity contribution in [2.24, 2.45) is 0 Å². The van der Waals surface area contributed by atoms with Crippen molar-refractivity contribution < 1.29 is 9.53 Å². The van der Waals surface area contributed by atoms with Gasteiger partial charge in [0.05, 0.1) is 12.9 Å². The summed E-state index contributed by atoms with van der Waals surface area (Å²) >= 11 is 1.62. The predicted octanol–water partition coefficient (Wildman–Crippen LogP) is 2.45. The van der Waals surface area contributed by atoms with Gasteiger partial charge in [0.15, 0.2) is 0 Å². The molecule has 0 saturated carbocycles. The SMILES string of the molecule is COC(=O)c1cnc(CSc2cccc(C)c2)nc1N. The first-order valence-electron chi connectivity index (χ1n) is 5.99. The molecule has 0 aliphatic rings. The lowest BCUT2D eigenvalue weighted by atomic mass is 10.2. The van der Waals surface area contributed by atoms with Crippen molar-refractivity contribution in [3.63, 3.8) is 0 Å². The maximum Gasteiger partial charge on any atom is 0.343 e. The van der Waals surface area contributed by atoms with E-state index in [1.165, 1.54) is 18.9 Å². The smallest absolute Gasteiger partial charge is 0.343 e. The van der Waals surface area contributed by atoms with Gasteiger partial charge >= 0.3 is 5.97 Å². The third kappa shape index (κ3) is 3.48. The monoisotopic (exact) mass is 289 g/mol. The number of carbonyl (C=O) groups excluding carboxylic acids is 1. The molecule has 0 atom stereocenters.